The van der Waals surface area contributed by atoms with Gasteiger partial charge in [-0.05, 0) is 6.92 Å². The molecule has 0 aromatic rings. The summed E-state index contributed by atoms with van der Waals surface area (Å²) in [7, 11) is 0. The van der Waals surface area contributed by atoms with Gasteiger partial charge in [0, 0.05) is 0 Å². The quantitative estimate of drug-likeness (QED) is 0.506. The van der Waals surface area contributed by atoms with Gasteiger partial charge in [0.25, 0.3) is 0 Å². The summed E-state index contributed by atoms with van der Waals surface area (Å²) in [5.74, 6) is -0.833. The van der Waals surface area contributed by atoms with Gasteiger partial charge in [0.05, 0.1) is 6.61 Å². The summed E-state index contributed by atoms with van der Waals surface area (Å²) in [5.41, 5.74) is 0. The summed E-state index contributed by atoms with van der Waals surface area (Å²) in [6.07, 6.45) is -1.51. The third kappa shape index (κ3) is 3.05. The number of hydrogen-bond donors (Lipinski definition) is 2. The highest BCUT2D eigenvalue weighted by Gasteiger charge is 2.13. The van der Waals surface area contributed by atoms with Crippen molar-refractivity contribution in [1.82, 2.24) is 0 Å². The van der Waals surface area contributed by atoms with Crippen LogP contribution >= 0.6 is 0 Å². The Bertz CT molecular complexity index is 91.0. The lowest BCUT2D eigenvalue weighted by Crippen LogP contribution is -2.23. The van der Waals surface area contributed by atoms with E-state index < -0.39 is 12.1 Å². The van der Waals surface area contributed by atoms with Gasteiger partial charge in [-0.2, -0.15) is 0 Å². The molecule has 0 aromatic carbocycles. The number of carbonyl (C=O) groups excluding carboxylic acids is 1. The Balaban J connectivity index is 3.46. The SMILES string of the molecule is CCOC(=O)C(O)[CH]O. The third-order valence-corrected chi connectivity index (χ3v) is 0.669. The molecule has 0 aliphatic heterocycles. The number of ether oxygens (including phenoxy) is 1. The number of hydrogen-bond acceptors (Lipinski definition) is 4. The molecule has 0 fully saturated rings. The molecule has 4 nitrogen and oxygen atoms in total. The molecular weight excluding hydrogens is 124 g/mol. The van der Waals surface area contributed by atoms with Gasteiger partial charge in [0.15, 0.2) is 6.10 Å². The highest BCUT2D eigenvalue weighted by molar-refractivity contribution is 5.75. The summed E-state index contributed by atoms with van der Waals surface area (Å²) in [6.45, 7) is 2.18. The number of rotatable bonds is 3. The van der Waals surface area contributed by atoms with E-state index in [2.05, 4.69) is 4.74 Å². The lowest BCUT2D eigenvalue weighted by Gasteiger charge is -2.03. The van der Waals surface area contributed by atoms with Gasteiger partial charge in [-0.3, -0.25) is 0 Å². The second-order valence-corrected chi connectivity index (χ2v) is 1.35. The minimum absolute atomic E-state index is 0.198. The second kappa shape index (κ2) is 4.29. The van der Waals surface area contributed by atoms with Crippen molar-refractivity contribution < 1.29 is 19.7 Å². The van der Waals surface area contributed by atoms with E-state index in [9.17, 15) is 4.79 Å². The molecule has 0 aliphatic carbocycles. The van der Waals surface area contributed by atoms with E-state index in [0.717, 1.165) is 0 Å². The molecule has 53 valence electrons. The van der Waals surface area contributed by atoms with E-state index in [1.54, 1.807) is 6.92 Å². The zero-order valence-electron chi connectivity index (χ0n) is 5.07. The van der Waals surface area contributed by atoms with Crippen LogP contribution in [0.25, 0.3) is 0 Å². The van der Waals surface area contributed by atoms with Gasteiger partial charge >= 0.3 is 5.97 Å². The summed E-state index contributed by atoms with van der Waals surface area (Å²) in [5, 5.41) is 16.5. The maximum Gasteiger partial charge on any atom is 0.337 e. The van der Waals surface area contributed by atoms with Gasteiger partial charge < -0.3 is 14.9 Å². The monoisotopic (exact) mass is 133 g/mol. The normalized spacial score (nSPS) is 12.8. The maximum atomic E-state index is 10.3. The first-order valence-electron chi connectivity index (χ1n) is 2.54. The predicted molar refractivity (Wildman–Crippen MR) is 28.9 cm³/mol. The first kappa shape index (κ1) is 8.39. The molecule has 1 atom stereocenters. The summed E-state index contributed by atoms with van der Waals surface area (Å²) >= 11 is 0. The Kier molecular flexibility index (Phi) is 4.00. The van der Waals surface area contributed by atoms with E-state index in [0.29, 0.717) is 6.61 Å². The fourth-order valence-electron chi connectivity index (χ4n) is 0.288. The van der Waals surface area contributed by atoms with Crippen molar-refractivity contribution in [3.8, 4) is 0 Å². The number of esters is 1. The third-order valence-electron chi connectivity index (χ3n) is 0.669. The highest BCUT2D eigenvalue weighted by Crippen LogP contribution is 1.89. The van der Waals surface area contributed by atoms with Crippen LogP contribution in [-0.2, 0) is 9.53 Å². The van der Waals surface area contributed by atoms with E-state index in [1.807, 2.05) is 0 Å². The molecule has 0 saturated carbocycles. The van der Waals surface area contributed by atoms with Crippen LogP contribution in [-0.4, -0.2) is 28.9 Å². The molecule has 0 spiro atoms. The first-order valence-corrected chi connectivity index (χ1v) is 2.54. The molecule has 9 heavy (non-hydrogen) atoms. The second-order valence-electron chi connectivity index (χ2n) is 1.35. The average molecular weight is 133 g/mol. The molecule has 1 radical (unpaired) electrons. The van der Waals surface area contributed by atoms with Crippen LogP contribution in [0.3, 0.4) is 0 Å². The largest absolute Gasteiger partial charge is 0.464 e. The smallest absolute Gasteiger partial charge is 0.337 e. The van der Waals surface area contributed by atoms with Crippen molar-refractivity contribution in [3.05, 3.63) is 6.61 Å². The Morgan fingerprint density at radius 2 is 2.44 bits per heavy atom. The summed E-state index contributed by atoms with van der Waals surface area (Å²) in [4.78, 5) is 10.3. The zero-order chi connectivity index (χ0) is 7.28. The van der Waals surface area contributed by atoms with Crippen molar-refractivity contribution in [2.75, 3.05) is 6.61 Å². The van der Waals surface area contributed by atoms with Crippen LogP contribution in [0.4, 0.5) is 0 Å². The van der Waals surface area contributed by atoms with E-state index in [-0.39, 0.29) is 6.61 Å². The standard InChI is InChI=1S/C5H9O4/c1-2-9-5(8)4(7)3-6/h3-4,6-7H,2H2,1H3. The molecule has 0 amide bonds. The maximum absolute atomic E-state index is 10.3. The topological polar surface area (TPSA) is 66.8 Å². The first-order chi connectivity index (χ1) is 4.22. The predicted octanol–water partition coefficient (Wildman–Crippen LogP) is -0.555. The van der Waals surface area contributed by atoms with Crippen molar-refractivity contribution in [2.24, 2.45) is 0 Å². The fourth-order valence-corrected chi connectivity index (χ4v) is 0.288. The van der Waals surface area contributed by atoms with Crippen LogP contribution < -0.4 is 0 Å². The molecule has 4 heteroatoms. The molecule has 0 aromatic heterocycles. The number of aliphatic hydroxyl groups excluding tert-OH is 2. The molecule has 0 rings (SSSR count). The van der Waals surface area contributed by atoms with Gasteiger partial charge in [0.1, 0.15) is 6.61 Å². The zero-order valence-corrected chi connectivity index (χ0v) is 5.07. The van der Waals surface area contributed by atoms with Crippen LogP contribution in [0.1, 0.15) is 6.92 Å². The van der Waals surface area contributed by atoms with Crippen LogP contribution in [0.15, 0.2) is 0 Å². The molecule has 0 heterocycles. The van der Waals surface area contributed by atoms with Crippen LogP contribution in [0.2, 0.25) is 0 Å². The molecule has 1 unspecified atom stereocenters. The van der Waals surface area contributed by atoms with Crippen molar-refractivity contribution in [3.63, 3.8) is 0 Å². The van der Waals surface area contributed by atoms with Gasteiger partial charge in [-0.25, -0.2) is 4.79 Å². The fraction of sp³-hybridized carbons (Fsp3) is 0.600. The van der Waals surface area contributed by atoms with Crippen molar-refractivity contribution in [1.29, 1.82) is 0 Å². The van der Waals surface area contributed by atoms with Crippen molar-refractivity contribution in [2.45, 2.75) is 13.0 Å². The Morgan fingerprint density at radius 3 is 2.78 bits per heavy atom. The Hall–Kier alpha value is -0.610. The Morgan fingerprint density at radius 1 is 1.89 bits per heavy atom. The molecule has 0 saturated heterocycles. The van der Waals surface area contributed by atoms with Gasteiger partial charge in [-0.1, -0.05) is 0 Å². The molecule has 2 N–H and O–H groups in total. The highest BCUT2D eigenvalue weighted by atomic mass is 16.5. The van der Waals surface area contributed by atoms with E-state index in [1.165, 1.54) is 0 Å². The molecular formula is C5H9O4. The Labute approximate surface area is 53.1 Å². The minimum Gasteiger partial charge on any atom is -0.464 e. The lowest BCUT2D eigenvalue weighted by molar-refractivity contribution is -0.152. The molecule has 0 aliphatic rings. The van der Waals surface area contributed by atoms with Gasteiger partial charge in [-0.15, -0.1) is 0 Å². The molecule has 0 bridgehead atoms. The van der Waals surface area contributed by atoms with E-state index in [4.69, 9.17) is 10.2 Å². The van der Waals surface area contributed by atoms with Crippen molar-refractivity contribution >= 4 is 5.97 Å². The summed E-state index contributed by atoms with van der Waals surface area (Å²) < 4.78 is 4.31. The lowest BCUT2D eigenvalue weighted by atomic mass is 10.4. The minimum atomic E-state index is -1.51. The van der Waals surface area contributed by atoms with Gasteiger partial charge in [0.2, 0.25) is 0 Å². The summed E-state index contributed by atoms with van der Waals surface area (Å²) in [6, 6.07) is 0. The number of aliphatic hydroxyl groups is 2. The number of carbonyl (C=O) groups is 1. The van der Waals surface area contributed by atoms with Crippen LogP contribution in [0.5, 0.6) is 0 Å². The van der Waals surface area contributed by atoms with Crippen LogP contribution in [0, 0.1) is 6.61 Å². The van der Waals surface area contributed by atoms with E-state index >= 15 is 0 Å². The average Bonchev–Trinajstić information content (AvgIpc) is 1.87.